The smallest absolute Gasteiger partial charge is 0.271 e. The second kappa shape index (κ2) is 13.3. The van der Waals surface area contributed by atoms with Gasteiger partial charge in [0.1, 0.15) is 18.2 Å². The van der Waals surface area contributed by atoms with Crippen molar-refractivity contribution < 1.29 is 27.8 Å². The van der Waals surface area contributed by atoms with Gasteiger partial charge < -0.3 is 24.8 Å². The van der Waals surface area contributed by atoms with Crippen LogP contribution in [0.4, 0.5) is 32.1 Å². The average molecular weight is 632 g/mol. The number of methoxy groups -OCH3 is 1. The number of rotatable bonds is 8. The van der Waals surface area contributed by atoms with Crippen molar-refractivity contribution in [2.24, 2.45) is 4.99 Å². The molecule has 0 spiro atoms. The number of amides is 1. The number of carbonyl (C=O) groups excluding carboxylic acids is 1. The third kappa shape index (κ3) is 7.02. The first kappa shape index (κ1) is 30.0. The van der Waals surface area contributed by atoms with E-state index >= 15 is 0 Å². The van der Waals surface area contributed by atoms with Gasteiger partial charge in [0.05, 0.1) is 36.6 Å². The summed E-state index contributed by atoms with van der Waals surface area (Å²) in [5.74, 6) is 0.589. The number of carbonyl (C=O) groups is 1. The van der Waals surface area contributed by atoms with E-state index in [2.05, 4.69) is 19.9 Å². The summed E-state index contributed by atoms with van der Waals surface area (Å²) in [7, 11) is 1.51. The number of nitrogen functional groups attached to an aromatic ring is 1. The summed E-state index contributed by atoms with van der Waals surface area (Å²) in [4.78, 5) is 34.8. The Morgan fingerprint density at radius 2 is 1.69 bits per heavy atom. The molecule has 14 heteroatoms. The van der Waals surface area contributed by atoms with Gasteiger partial charge in [-0.25, -0.2) is 13.8 Å². The number of amidine groups is 1. The number of morpholine rings is 1. The Morgan fingerprint density at radius 3 is 2.40 bits per heavy atom. The molecule has 0 bridgehead atoms. The molecule has 0 radical (unpaired) electrons. The van der Waals surface area contributed by atoms with Gasteiger partial charge >= 0.3 is 0 Å². The molecule has 1 aromatic heterocycles. The molecule has 0 atom stereocenters. The van der Waals surface area contributed by atoms with Crippen LogP contribution in [0.1, 0.15) is 11.4 Å². The summed E-state index contributed by atoms with van der Waals surface area (Å²) >= 11 is 1.14. The van der Waals surface area contributed by atoms with Crippen LogP contribution in [-0.4, -0.2) is 59.4 Å². The summed E-state index contributed by atoms with van der Waals surface area (Å²) in [6.45, 7) is 2.47. The van der Waals surface area contributed by atoms with Crippen molar-refractivity contribution in [3.8, 4) is 11.5 Å². The number of ether oxygens (including phenoxy) is 3. The molecule has 0 aliphatic carbocycles. The van der Waals surface area contributed by atoms with E-state index < -0.39 is 11.6 Å². The molecular formula is C31H27F2N7O4S. The first-order valence-electron chi connectivity index (χ1n) is 13.8. The largest absolute Gasteiger partial charge is 0.493 e. The van der Waals surface area contributed by atoms with Crippen molar-refractivity contribution in [3.63, 3.8) is 0 Å². The highest BCUT2D eigenvalue weighted by atomic mass is 32.2. The van der Waals surface area contributed by atoms with Gasteiger partial charge in [-0.15, -0.1) is 0 Å². The number of nitrogens with zero attached hydrogens (tertiary/aromatic N) is 6. The number of nitrogens with two attached hydrogens (primary N) is 1. The Kier molecular flexibility index (Phi) is 8.84. The van der Waals surface area contributed by atoms with Crippen LogP contribution in [0.15, 0.2) is 76.6 Å². The second-order valence-electron chi connectivity index (χ2n) is 9.81. The summed E-state index contributed by atoms with van der Waals surface area (Å²) < 4.78 is 44.1. The molecule has 2 saturated heterocycles. The maximum absolute atomic E-state index is 13.7. The number of anilines is 3. The lowest BCUT2D eigenvalue weighted by molar-refractivity contribution is -0.113. The topological polar surface area (TPSA) is 128 Å². The Bertz CT molecular complexity index is 1770. The molecule has 2 N–H and O–H groups in total. The van der Waals surface area contributed by atoms with Crippen LogP contribution in [0.2, 0.25) is 0 Å². The van der Waals surface area contributed by atoms with Crippen molar-refractivity contribution in [3.05, 3.63) is 94.7 Å². The standard InChI is InChI=1S/C31H27F2N7O4S/c1-42-25-16-19(2-11-24(25)44-18-27-36-29(34)38-30(37-27)39-12-14-43-15-13-39)17-26-28(41)40(23-9-5-21(33)6-10-23)31(45-26)35-22-7-3-20(32)4-8-22/h2-11,16-17H,12-15,18H2,1H3,(H2,34,36,37,38)/b26-17+,35-31?. The van der Waals surface area contributed by atoms with Crippen LogP contribution in [0.5, 0.6) is 11.5 Å². The Balaban J connectivity index is 1.23. The predicted octanol–water partition coefficient (Wildman–Crippen LogP) is 4.96. The van der Waals surface area contributed by atoms with Gasteiger partial charge in [-0.1, -0.05) is 6.07 Å². The van der Waals surface area contributed by atoms with Gasteiger partial charge in [0, 0.05) is 13.1 Å². The van der Waals surface area contributed by atoms with Gasteiger partial charge in [-0.3, -0.25) is 9.69 Å². The fourth-order valence-electron chi connectivity index (χ4n) is 4.57. The number of aliphatic imine (C=N–C) groups is 1. The molecule has 2 fully saturated rings. The van der Waals surface area contributed by atoms with Gasteiger partial charge in [0.25, 0.3) is 5.91 Å². The maximum atomic E-state index is 13.7. The lowest BCUT2D eigenvalue weighted by atomic mass is 10.1. The first-order valence-corrected chi connectivity index (χ1v) is 14.7. The number of hydrogen-bond acceptors (Lipinski definition) is 11. The van der Waals surface area contributed by atoms with Gasteiger partial charge in [0.15, 0.2) is 22.5 Å². The van der Waals surface area contributed by atoms with Crippen molar-refractivity contribution in [1.82, 2.24) is 15.0 Å². The van der Waals surface area contributed by atoms with E-state index in [1.165, 1.54) is 60.5 Å². The molecule has 0 unspecified atom stereocenters. The van der Waals surface area contributed by atoms with Gasteiger partial charge in [-0.05, 0) is 84.1 Å². The Morgan fingerprint density at radius 1 is 0.978 bits per heavy atom. The lowest BCUT2D eigenvalue weighted by Crippen LogP contribution is -2.37. The highest BCUT2D eigenvalue weighted by Crippen LogP contribution is 2.38. The zero-order chi connectivity index (χ0) is 31.3. The van der Waals surface area contributed by atoms with Crippen LogP contribution in [0.3, 0.4) is 0 Å². The van der Waals surface area contributed by atoms with E-state index in [0.29, 0.717) is 76.6 Å². The summed E-state index contributed by atoms with van der Waals surface area (Å²) in [5, 5.41) is 0.337. The third-order valence-electron chi connectivity index (χ3n) is 6.77. The van der Waals surface area contributed by atoms with E-state index in [9.17, 15) is 13.6 Å². The summed E-state index contributed by atoms with van der Waals surface area (Å²) in [6.07, 6.45) is 1.70. The van der Waals surface area contributed by atoms with Crippen molar-refractivity contribution in [2.45, 2.75) is 6.61 Å². The van der Waals surface area contributed by atoms with E-state index in [0.717, 1.165) is 11.8 Å². The van der Waals surface area contributed by atoms with E-state index in [-0.39, 0.29) is 18.5 Å². The lowest BCUT2D eigenvalue weighted by Gasteiger charge is -2.26. The molecule has 45 heavy (non-hydrogen) atoms. The van der Waals surface area contributed by atoms with Crippen LogP contribution in [-0.2, 0) is 16.1 Å². The molecule has 3 heterocycles. The SMILES string of the molecule is COc1cc(/C=C2/SC(=Nc3ccc(F)cc3)N(c3ccc(F)cc3)C2=O)ccc1OCc1nc(N)nc(N2CCOCC2)n1. The minimum absolute atomic E-state index is 0.0189. The van der Waals surface area contributed by atoms with Crippen LogP contribution < -0.4 is 25.0 Å². The summed E-state index contributed by atoms with van der Waals surface area (Å²) in [6, 6.07) is 16.3. The number of halogens is 2. The van der Waals surface area contributed by atoms with E-state index in [1.54, 1.807) is 24.3 Å². The molecule has 4 aromatic rings. The monoisotopic (exact) mass is 631 g/mol. The fourth-order valence-corrected chi connectivity index (χ4v) is 5.57. The second-order valence-corrected chi connectivity index (χ2v) is 10.8. The predicted molar refractivity (Wildman–Crippen MR) is 168 cm³/mol. The van der Waals surface area contributed by atoms with E-state index in [1.807, 2.05) is 4.90 Å². The quantitative estimate of drug-likeness (QED) is 0.267. The van der Waals surface area contributed by atoms with Crippen molar-refractivity contribution in [1.29, 1.82) is 0 Å². The molecule has 0 saturated carbocycles. The van der Waals surface area contributed by atoms with Crippen molar-refractivity contribution in [2.75, 3.05) is 48.9 Å². The molecule has 11 nitrogen and oxygen atoms in total. The normalized spacial score (nSPS) is 16.9. The summed E-state index contributed by atoms with van der Waals surface area (Å²) in [5.41, 5.74) is 7.49. The molecule has 2 aliphatic rings. The highest BCUT2D eigenvalue weighted by molar-refractivity contribution is 8.19. The zero-order valence-electron chi connectivity index (χ0n) is 24.0. The molecule has 2 aliphatic heterocycles. The first-order chi connectivity index (χ1) is 21.9. The van der Waals surface area contributed by atoms with E-state index in [4.69, 9.17) is 19.9 Å². The highest BCUT2D eigenvalue weighted by Gasteiger charge is 2.35. The molecular weight excluding hydrogens is 604 g/mol. The van der Waals surface area contributed by atoms with Crippen molar-refractivity contribution >= 4 is 52.2 Å². The number of aromatic nitrogens is 3. The minimum Gasteiger partial charge on any atom is -0.493 e. The Hall–Kier alpha value is -5.08. The minimum atomic E-state index is -0.434. The van der Waals surface area contributed by atoms with Gasteiger partial charge in [0.2, 0.25) is 11.9 Å². The van der Waals surface area contributed by atoms with Gasteiger partial charge in [-0.2, -0.15) is 15.0 Å². The average Bonchev–Trinajstić information content (AvgIpc) is 3.35. The third-order valence-corrected chi connectivity index (χ3v) is 7.73. The number of thioether (sulfide) groups is 1. The maximum Gasteiger partial charge on any atom is 0.271 e. The van der Waals surface area contributed by atoms with Crippen LogP contribution >= 0.6 is 11.8 Å². The van der Waals surface area contributed by atoms with Crippen LogP contribution in [0.25, 0.3) is 6.08 Å². The Labute approximate surface area is 261 Å². The van der Waals surface area contributed by atoms with Crippen LogP contribution in [0, 0.1) is 11.6 Å². The molecule has 6 rings (SSSR count). The molecule has 1 amide bonds. The fraction of sp³-hybridized carbons (Fsp3) is 0.194. The number of benzene rings is 3. The molecule has 3 aromatic carbocycles. The molecule has 230 valence electrons. The number of hydrogen-bond donors (Lipinski definition) is 1. The zero-order valence-corrected chi connectivity index (χ0v) is 24.8.